The van der Waals surface area contributed by atoms with Crippen molar-refractivity contribution in [3.05, 3.63) is 18.2 Å². The van der Waals surface area contributed by atoms with Crippen molar-refractivity contribution in [3.63, 3.8) is 0 Å². The van der Waals surface area contributed by atoms with Crippen LogP contribution in [0.3, 0.4) is 0 Å². The summed E-state index contributed by atoms with van der Waals surface area (Å²) in [6, 6.07) is 0. The molecule has 0 aliphatic heterocycles. The van der Waals surface area contributed by atoms with Gasteiger partial charge < -0.3 is 9.88 Å². The zero-order valence-corrected chi connectivity index (χ0v) is 9.35. The molecular formula is C12H17N3O. The van der Waals surface area contributed by atoms with E-state index in [9.17, 15) is 4.79 Å². The van der Waals surface area contributed by atoms with E-state index >= 15 is 0 Å². The molecule has 3 rings (SSSR count). The first-order valence-electron chi connectivity index (χ1n) is 6.13. The Morgan fingerprint density at radius 1 is 1.44 bits per heavy atom. The van der Waals surface area contributed by atoms with Crippen LogP contribution >= 0.6 is 0 Å². The van der Waals surface area contributed by atoms with Crippen LogP contribution in [0.4, 0.5) is 0 Å². The lowest BCUT2D eigenvalue weighted by Crippen LogP contribution is -2.28. The van der Waals surface area contributed by atoms with Crippen LogP contribution < -0.4 is 5.32 Å². The highest BCUT2D eigenvalue weighted by atomic mass is 16.2. The van der Waals surface area contributed by atoms with Crippen LogP contribution in [0.5, 0.6) is 0 Å². The van der Waals surface area contributed by atoms with Gasteiger partial charge in [-0.1, -0.05) is 0 Å². The lowest BCUT2D eigenvalue weighted by molar-refractivity contribution is -0.122. The lowest BCUT2D eigenvalue weighted by atomic mass is 10.4. The molecule has 1 aromatic heterocycles. The predicted molar refractivity (Wildman–Crippen MR) is 59.9 cm³/mol. The first kappa shape index (κ1) is 9.87. The second-order valence-electron chi connectivity index (χ2n) is 4.82. The minimum Gasteiger partial charge on any atom is -0.354 e. The monoisotopic (exact) mass is 219 g/mol. The normalized spacial score (nSPS) is 19.8. The smallest absolute Gasteiger partial charge is 0.223 e. The molecule has 1 aromatic rings. The van der Waals surface area contributed by atoms with E-state index in [-0.39, 0.29) is 5.91 Å². The fraction of sp³-hybridized carbons (Fsp3) is 0.667. The van der Waals surface area contributed by atoms with Crippen LogP contribution in [0.25, 0.3) is 0 Å². The fourth-order valence-corrected chi connectivity index (χ4v) is 2.00. The van der Waals surface area contributed by atoms with Crippen molar-refractivity contribution in [2.75, 3.05) is 6.54 Å². The molecule has 1 amide bonds. The Morgan fingerprint density at radius 3 is 2.94 bits per heavy atom. The van der Waals surface area contributed by atoms with E-state index in [0.29, 0.717) is 11.8 Å². The van der Waals surface area contributed by atoms with Gasteiger partial charge in [0, 0.05) is 37.3 Å². The lowest BCUT2D eigenvalue weighted by Gasteiger charge is -2.08. The third kappa shape index (κ3) is 2.10. The summed E-state index contributed by atoms with van der Waals surface area (Å²) in [7, 11) is 0. The van der Waals surface area contributed by atoms with Crippen molar-refractivity contribution in [2.45, 2.75) is 38.1 Å². The van der Waals surface area contributed by atoms with Gasteiger partial charge in [-0.15, -0.1) is 0 Å². The van der Waals surface area contributed by atoms with Crippen LogP contribution in [0, 0.1) is 5.92 Å². The van der Waals surface area contributed by atoms with E-state index in [0.717, 1.165) is 25.9 Å². The average molecular weight is 219 g/mol. The van der Waals surface area contributed by atoms with E-state index in [1.54, 1.807) is 0 Å². The minimum atomic E-state index is 0.230. The highest BCUT2D eigenvalue weighted by molar-refractivity contribution is 5.80. The molecule has 4 nitrogen and oxygen atoms in total. The van der Waals surface area contributed by atoms with Gasteiger partial charge in [-0.2, -0.15) is 0 Å². The molecule has 2 aliphatic rings. The second-order valence-corrected chi connectivity index (χ2v) is 4.82. The Bertz CT molecular complexity index is 391. The largest absolute Gasteiger partial charge is 0.354 e. The molecule has 0 radical (unpaired) electrons. The highest BCUT2D eigenvalue weighted by Crippen LogP contribution is 2.38. The van der Waals surface area contributed by atoms with Gasteiger partial charge in [-0.25, -0.2) is 4.98 Å². The molecule has 0 saturated heterocycles. The third-order valence-corrected chi connectivity index (χ3v) is 3.29. The van der Waals surface area contributed by atoms with E-state index in [1.165, 1.54) is 18.7 Å². The summed E-state index contributed by atoms with van der Waals surface area (Å²) in [4.78, 5) is 15.8. The zero-order valence-electron chi connectivity index (χ0n) is 9.35. The van der Waals surface area contributed by atoms with Gasteiger partial charge in [0.2, 0.25) is 5.91 Å². The molecule has 0 bridgehead atoms. The first-order valence-corrected chi connectivity index (χ1v) is 6.13. The van der Waals surface area contributed by atoms with E-state index < -0.39 is 0 Å². The Morgan fingerprint density at radius 2 is 2.25 bits per heavy atom. The molecule has 86 valence electrons. The molecule has 0 spiro atoms. The van der Waals surface area contributed by atoms with Gasteiger partial charge in [0.15, 0.2) is 0 Å². The molecule has 1 heterocycles. The van der Waals surface area contributed by atoms with E-state index in [2.05, 4.69) is 14.9 Å². The summed E-state index contributed by atoms with van der Waals surface area (Å²) in [6.07, 6.45) is 8.55. The predicted octanol–water partition coefficient (Wildman–Crippen LogP) is 1.29. The number of nitrogens with one attached hydrogen (secondary N) is 1. The second kappa shape index (κ2) is 3.92. The van der Waals surface area contributed by atoms with Crippen molar-refractivity contribution in [2.24, 2.45) is 5.92 Å². The number of carbonyl (C=O) groups is 1. The molecule has 4 heteroatoms. The van der Waals surface area contributed by atoms with Gasteiger partial charge in [0.25, 0.3) is 0 Å². The quantitative estimate of drug-likeness (QED) is 0.811. The van der Waals surface area contributed by atoms with Gasteiger partial charge in [0.05, 0.1) is 0 Å². The number of hydrogen-bond donors (Lipinski definition) is 1. The van der Waals surface area contributed by atoms with Crippen molar-refractivity contribution in [1.82, 2.24) is 14.9 Å². The van der Waals surface area contributed by atoms with Gasteiger partial charge in [-0.05, 0) is 25.7 Å². The minimum absolute atomic E-state index is 0.230. The topological polar surface area (TPSA) is 46.9 Å². The maximum Gasteiger partial charge on any atom is 0.223 e. The standard InChI is InChI=1S/C12H17N3O/c16-12(10-3-4-10)14-6-8-15-7-5-13-11(15)9-1-2-9/h5,7,9-10H,1-4,6,8H2,(H,14,16). The Kier molecular flexibility index (Phi) is 2.42. The van der Waals surface area contributed by atoms with Gasteiger partial charge >= 0.3 is 0 Å². The Balaban J connectivity index is 1.49. The number of carbonyl (C=O) groups excluding carboxylic acids is 1. The molecule has 0 aromatic carbocycles. The SMILES string of the molecule is O=C(NCCn1ccnc1C1CC1)C1CC1. The van der Waals surface area contributed by atoms with Crippen molar-refractivity contribution >= 4 is 5.91 Å². The van der Waals surface area contributed by atoms with Crippen LogP contribution in [-0.4, -0.2) is 22.0 Å². The zero-order chi connectivity index (χ0) is 11.0. The van der Waals surface area contributed by atoms with E-state index in [4.69, 9.17) is 0 Å². The molecule has 0 atom stereocenters. The molecule has 2 saturated carbocycles. The summed E-state index contributed by atoms with van der Waals surface area (Å²) >= 11 is 0. The summed E-state index contributed by atoms with van der Waals surface area (Å²) in [5, 5.41) is 2.98. The number of imidazole rings is 1. The molecule has 0 unspecified atom stereocenters. The Labute approximate surface area is 95.1 Å². The molecule has 1 N–H and O–H groups in total. The number of nitrogens with zero attached hydrogens (tertiary/aromatic N) is 2. The third-order valence-electron chi connectivity index (χ3n) is 3.29. The average Bonchev–Trinajstić information content (AvgIpc) is 3.18. The fourth-order valence-electron chi connectivity index (χ4n) is 2.00. The number of aromatic nitrogens is 2. The maximum atomic E-state index is 11.4. The number of hydrogen-bond acceptors (Lipinski definition) is 2. The van der Waals surface area contributed by atoms with Crippen molar-refractivity contribution < 1.29 is 4.79 Å². The molecular weight excluding hydrogens is 202 g/mol. The summed E-state index contributed by atoms with van der Waals surface area (Å²) in [5.74, 6) is 2.41. The summed E-state index contributed by atoms with van der Waals surface area (Å²) < 4.78 is 2.17. The Hall–Kier alpha value is -1.32. The van der Waals surface area contributed by atoms with Crippen LogP contribution in [-0.2, 0) is 11.3 Å². The summed E-state index contributed by atoms with van der Waals surface area (Å²) in [6.45, 7) is 1.58. The van der Waals surface area contributed by atoms with Crippen LogP contribution in [0.1, 0.15) is 37.4 Å². The van der Waals surface area contributed by atoms with Crippen molar-refractivity contribution in [1.29, 1.82) is 0 Å². The van der Waals surface area contributed by atoms with Crippen LogP contribution in [0.15, 0.2) is 12.4 Å². The highest BCUT2D eigenvalue weighted by Gasteiger charge is 2.29. The number of amides is 1. The van der Waals surface area contributed by atoms with Gasteiger partial charge in [0.1, 0.15) is 5.82 Å². The van der Waals surface area contributed by atoms with Crippen LogP contribution in [0.2, 0.25) is 0 Å². The molecule has 16 heavy (non-hydrogen) atoms. The van der Waals surface area contributed by atoms with Crippen molar-refractivity contribution in [3.8, 4) is 0 Å². The number of rotatable bonds is 5. The van der Waals surface area contributed by atoms with E-state index in [1.807, 2.05) is 12.4 Å². The first-order chi connectivity index (χ1) is 7.84. The maximum absolute atomic E-state index is 11.4. The molecule has 2 fully saturated rings. The van der Waals surface area contributed by atoms with Gasteiger partial charge in [-0.3, -0.25) is 4.79 Å². The molecule has 2 aliphatic carbocycles. The summed E-state index contributed by atoms with van der Waals surface area (Å²) in [5.41, 5.74) is 0.